The summed E-state index contributed by atoms with van der Waals surface area (Å²) in [6.45, 7) is 2.91. The van der Waals surface area contributed by atoms with Crippen LogP contribution in [0.4, 0.5) is 5.69 Å². The lowest BCUT2D eigenvalue weighted by Gasteiger charge is -2.29. The number of hydrogen-bond donors (Lipinski definition) is 1. The van der Waals surface area contributed by atoms with Gasteiger partial charge in [-0.15, -0.1) is 0 Å². The third-order valence-electron chi connectivity index (χ3n) is 4.52. The highest BCUT2D eigenvalue weighted by molar-refractivity contribution is 7.07. The van der Waals surface area contributed by atoms with Crippen LogP contribution in [0, 0.1) is 0 Å². The van der Waals surface area contributed by atoms with Crippen LogP contribution in [0.5, 0.6) is 0 Å². The van der Waals surface area contributed by atoms with Crippen LogP contribution in [0.15, 0.2) is 59.6 Å². The SMILES string of the molecule is O=C(Nc1cccc2c1CCN(Cc1ccsc1)C2)c1ccncc1. The van der Waals surface area contributed by atoms with Gasteiger partial charge in [-0.1, -0.05) is 12.1 Å². The Morgan fingerprint density at radius 3 is 2.88 bits per heavy atom. The number of rotatable bonds is 4. The zero-order chi connectivity index (χ0) is 17.1. The summed E-state index contributed by atoms with van der Waals surface area (Å²) in [5, 5.41) is 7.40. The molecule has 4 rings (SSSR count). The first-order chi connectivity index (χ1) is 12.3. The predicted octanol–water partition coefficient (Wildman–Crippen LogP) is 3.95. The van der Waals surface area contributed by atoms with Gasteiger partial charge in [-0.25, -0.2) is 0 Å². The molecular weight excluding hydrogens is 330 g/mol. The number of carbonyl (C=O) groups excluding carboxylic acids is 1. The summed E-state index contributed by atoms with van der Waals surface area (Å²) >= 11 is 1.74. The predicted molar refractivity (Wildman–Crippen MR) is 101 cm³/mol. The highest BCUT2D eigenvalue weighted by atomic mass is 32.1. The van der Waals surface area contributed by atoms with Gasteiger partial charge in [-0.05, 0) is 58.1 Å². The van der Waals surface area contributed by atoms with E-state index in [0.29, 0.717) is 5.56 Å². The maximum Gasteiger partial charge on any atom is 0.255 e. The first kappa shape index (κ1) is 16.0. The van der Waals surface area contributed by atoms with E-state index in [-0.39, 0.29) is 5.91 Å². The molecule has 4 nitrogen and oxygen atoms in total. The minimum atomic E-state index is -0.0866. The van der Waals surface area contributed by atoms with Gasteiger partial charge in [-0.2, -0.15) is 11.3 Å². The zero-order valence-corrected chi connectivity index (χ0v) is 14.6. The molecule has 0 saturated heterocycles. The Balaban J connectivity index is 1.50. The largest absolute Gasteiger partial charge is 0.322 e. The van der Waals surface area contributed by atoms with E-state index in [1.165, 1.54) is 16.7 Å². The van der Waals surface area contributed by atoms with E-state index in [9.17, 15) is 4.79 Å². The molecule has 0 saturated carbocycles. The fourth-order valence-corrected chi connectivity index (χ4v) is 3.92. The average Bonchev–Trinajstić information content (AvgIpc) is 3.15. The first-order valence-electron chi connectivity index (χ1n) is 8.35. The monoisotopic (exact) mass is 349 g/mol. The van der Waals surface area contributed by atoms with Crippen molar-refractivity contribution < 1.29 is 4.79 Å². The molecular formula is C20H19N3OS. The van der Waals surface area contributed by atoms with Gasteiger partial charge >= 0.3 is 0 Å². The van der Waals surface area contributed by atoms with Crippen molar-refractivity contribution in [2.45, 2.75) is 19.5 Å². The van der Waals surface area contributed by atoms with Gasteiger partial charge in [0.2, 0.25) is 0 Å². The zero-order valence-electron chi connectivity index (χ0n) is 13.8. The number of carbonyl (C=O) groups is 1. The summed E-state index contributed by atoms with van der Waals surface area (Å²) in [7, 11) is 0. The molecule has 1 amide bonds. The Bertz CT molecular complexity index is 862. The minimum absolute atomic E-state index is 0.0866. The van der Waals surface area contributed by atoms with Gasteiger partial charge in [-0.3, -0.25) is 14.7 Å². The van der Waals surface area contributed by atoms with E-state index >= 15 is 0 Å². The molecule has 2 aromatic heterocycles. The van der Waals surface area contributed by atoms with E-state index in [1.807, 2.05) is 12.1 Å². The van der Waals surface area contributed by atoms with Crippen molar-refractivity contribution >= 4 is 22.9 Å². The lowest BCUT2D eigenvalue weighted by atomic mass is 9.97. The van der Waals surface area contributed by atoms with Crippen LogP contribution in [-0.2, 0) is 19.5 Å². The molecule has 0 fully saturated rings. The van der Waals surface area contributed by atoms with Crippen LogP contribution in [0.25, 0.3) is 0 Å². The van der Waals surface area contributed by atoms with E-state index < -0.39 is 0 Å². The van der Waals surface area contributed by atoms with Gasteiger partial charge in [0.05, 0.1) is 0 Å². The molecule has 126 valence electrons. The summed E-state index contributed by atoms with van der Waals surface area (Å²) in [6, 6.07) is 11.8. The first-order valence-corrected chi connectivity index (χ1v) is 9.29. The van der Waals surface area contributed by atoms with Crippen molar-refractivity contribution in [3.8, 4) is 0 Å². The number of amides is 1. The van der Waals surface area contributed by atoms with Crippen molar-refractivity contribution in [2.24, 2.45) is 0 Å². The second-order valence-electron chi connectivity index (χ2n) is 6.23. The molecule has 3 heterocycles. The molecule has 0 bridgehead atoms. The molecule has 0 atom stereocenters. The molecule has 1 N–H and O–H groups in total. The highest BCUT2D eigenvalue weighted by Crippen LogP contribution is 2.27. The summed E-state index contributed by atoms with van der Waals surface area (Å²) < 4.78 is 0. The van der Waals surface area contributed by atoms with E-state index in [0.717, 1.165) is 31.7 Å². The van der Waals surface area contributed by atoms with E-state index in [4.69, 9.17) is 0 Å². The number of aromatic nitrogens is 1. The van der Waals surface area contributed by atoms with Gasteiger partial charge in [0, 0.05) is 43.3 Å². The highest BCUT2D eigenvalue weighted by Gasteiger charge is 2.20. The second kappa shape index (κ2) is 7.17. The van der Waals surface area contributed by atoms with Crippen molar-refractivity contribution in [3.05, 3.63) is 81.8 Å². The quantitative estimate of drug-likeness (QED) is 0.776. The Labute approximate surface area is 151 Å². The van der Waals surface area contributed by atoms with Crippen molar-refractivity contribution in [1.29, 1.82) is 0 Å². The third-order valence-corrected chi connectivity index (χ3v) is 5.25. The summed E-state index contributed by atoms with van der Waals surface area (Å²) in [5.74, 6) is -0.0866. The molecule has 5 heteroatoms. The lowest BCUT2D eigenvalue weighted by Crippen LogP contribution is -2.30. The van der Waals surface area contributed by atoms with Crippen LogP contribution in [0.2, 0.25) is 0 Å². The molecule has 3 aromatic rings. The molecule has 1 aliphatic rings. The Kier molecular flexibility index (Phi) is 4.59. The molecule has 1 aliphatic heterocycles. The van der Waals surface area contributed by atoms with Crippen LogP contribution >= 0.6 is 11.3 Å². The van der Waals surface area contributed by atoms with Gasteiger partial charge in [0.15, 0.2) is 0 Å². The average molecular weight is 349 g/mol. The maximum absolute atomic E-state index is 12.4. The van der Waals surface area contributed by atoms with Gasteiger partial charge in [0.1, 0.15) is 0 Å². The summed E-state index contributed by atoms with van der Waals surface area (Å²) in [5.41, 5.74) is 5.48. The number of nitrogens with one attached hydrogen (secondary N) is 1. The number of benzene rings is 1. The van der Waals surface area contributed by atoms with Crippen LogP contribution in [-0.4, -0.2) is 22.3 Å². The Morgan fingerprint density at radius 2 is 2.08 bits per heavy atom. The fourth-order valence-electron chi connectivity index (χ4n) is 3.26. The number of nitrogens with zero attached hydrogens (tertiary/aromatic N) is 2. The van der Waals surface area contributed by atoms with Gasteiger partial charge < -0.3 is 5.32 Å². The molecule has 0 unspecified atom stereocenters. The number of pyridine rings is 1. The van der Waals surface area contributed by atoms with Crippen molar-refractivity contribution in [2.75, 3.05) is 11.9 Å². The molecule has 1 aromatic carbocycles. The molecule has 25 heavy (non-hydrogen) atoms. The minimum Gasteiger partial charge on any atom is -0.322 e. The van der Waals surface area contributed by atoms with E-state index in [2.05, 4.69) is 38.1 Å². The number of hydrogen-bond acceptors (Lipinski definition) is 4. The van der Waals surface area contributed by atoms with E-state index in [1.54, 1.807) is 35.9 Å². The standard InChI is InChI=1S/C20H19N3OS/c24-20(16-4-8-21-9-5-16)22-19-3-1-2-17-13-23(10-6-18(17)19)12-15-7-11-25-14-15/h1-5,7-9,11,14H,6,10,12-13H2,(H,22,24). The smallest absolute Gasteiger partial charge is 0.255 e. The topological polar surface area (TPSA) is 45.2 Å². The maximum atomic E-state index is 12.4. The van der Waals surface area contributed by atoms with Gasteiger partial charge in [0.25, 0.3) is 5.91 Å². The molecule has 0 radical (unpaired) electrons. The summed E-state index contributed by atoms with van der Waals surface area (Å²) in [6.07, 6.45) is 4.22. The Morgan fingerprint density at radius 1 is 1.20 bits per heavy atom. The van der Waals surface area contributed by atoms with Crippen molar-refractivity contribution in [1.82, 2.24) is 9.88 Å². The molecule has 0 spiro atoms. The van der Waals surface area contributed by atoms with Crippen LogP contribution in [0.3, 0.4) is 0 Å². The number of fused-ring (bicyclic) bond motifs is 1. The lowest BCUT2D eigenvalue weighted by molar-refractivity contribution is 0.102. The van der Waals surface area contributed by atoms with Crippen LogP contribution in [0.1, 0.15) is 27.0 Å². The van der Waals surface area contributed by atoms with Crippen LogP contribution < -0.4 is 5.32 Å². The Hall–Kier alpha value is -2.50. The second-order valence-corrected chi connectivity index (χ2v) is 7.01. The molecule has 0 aliphatic carbocycles. The van der Waals surface area contributed by atoms with Crippen molar-refractivity contribution in [3.63, 3.8) is 0 Å². The summed E-state index contributed by atoms with van der Waals surface area (Å²) in [4.78, 5) is 18.8. The fraction of sp³-hybridized carbons (Fsp3) is 0.200. The normalized spacial score (nSPS) is 14.1. The number of thiophene rings is 1. The number of anilines is 1. The third kappa shape index (κ3) is 3.62.